The zero-order valence-corrected chi connectivity index (χ0v) is 76.7. The number of pyridine rings is 4. The molecule has 71 heteroatoms. The molecular weight excluding hydrogens is 2010 g/mol. The molecule has 14 heterocycles. The van der Waals surface area contributed by atoms with E-state index in [9.17, 15) is 131 Å². The van der Waals surface area contributed by atoms with E-state index in [0.717, 1.165) is 23.5 Å². The van der Waals surface area contributed by atoms with Gasteiger partial charge >= 0.3 is 7.82 Å². The predicted molar refractivity (Wildman–Crippen MR) is 429 cm³/mol. The number of carbonyl (C=O) groups is 3. The first-order chi connectivity index (χ1) is 64.2. The van der Waals surface area contributed by atoms with E-state index in [1.165, 1.54) is 92.2 Å². The number of nitrogens with two attached hydrogens (primary N) is 6. The van der Waals surface area contributed by atoms with E-state index in [-0.39, 0.29) is 69.6 Å². The molecule has 5 aliphatic heterocycles. The summed E-state index contributed by atoms with van der Waals surface area (Å²) < 4.78 is 178. The van der Waals surface area contributed by atoms with Crippen molar-refractivity contribution in [1.29, 1.82) is 0 Å². The molecule has 0 radical (unpaired) electrons. The summed E-state index contributed by atoms with van der Waals surface area (Å²) in [7, 11) is -44.0. The van der Waals surface area contributed by atoms with Gasteiger partial charge in [0.2, 0.25) is 0 Å². The highest BCUT2D eigenvalue weighted by Crippen LogP contribution is 2.62. The van der Waals surface area contributed by atoms with Gasteiger partial charge in [0.25, 0.3) is 72.5 Å². The molecule has 2 aliphatic carbocycles. The number of imidazole rings is 3. The molecule has 63 nitrogen and oxygen atoms in total. The SMILES string of the molecule is NC(=O)c1ccc[n+](C2CC(COP(=O)([O-])OP(=O)([O-])OCC3OC(n4cnc5c(N)ncnc54)C(O)C3OP(=O)([O-])O)C(O)C2O)c1.NC(=O)c1ccc[n+](C2CC(COP(=O)([O-])OP(=O)([O-])OCC3OC(n4cnc5c(N)ncnc54)C4OP(=O)([O-])OC34)C(O)C2O)c1.NC(=O)c1ccc[n+]([C@@H]2CN[C@H](COP(=O)([O-])OP(=O)(O)OC[C@H]3O[C@@H](n4cnc5c(N)ccnc54)[C@H](O)[C@@H]3O)C2)c1. The van der Waals surface area contributed by atoms with Crippen molar-refractivity contribution < 1.29 is 212 Å². The van der Waals surface area contributed by atoms with Crippen LogP contribution in [0.4, 0.5) is 17.3 Å². The van der Waals surface area contributed by atoms with E-state index in [0.29, 0.717) is 29.7 Å². The number of amides is 3. The molecule has 7 fully saturated rings. The predicted octanol–water partition coefficient (Wildman–Crippen LogP) is -8.98. The average molecular weight is 2090 g/mol. The van der Waals surface area contributed by atoms with E-state index in [2.05, 4.69) is 80.7 Å². The molecule has 9 aromatic rings. The number of primary amides is 3. The number of carbonyl (C=O) groups excluding carboxylic acids is 3. The van der Waals surface area contributed by atoms with E-state index >= 15 is 0 Å². The summed E-state index contributed by atoms with van der Waals surface area (Å²) in [5.74, 6) is -4.19. The van der Waals surface area contributed by atoms with Crippen LogP contribution in [0.15, 0.2) is 117 Å². The minimum atomic E-state index is -5.85. The van der Waals surface area contributed by atoms with Crippen LogP contribution in [0.3, 0.4) is 0 Å². The first kappa shape index (κ1) is 104. The molecule has 0 aromatic carbocycles. The summed E-state index contributed by atoms with van der Waals surface area (Å²) in [4.78, 5) is 171. The van der Waals surface area contributed by atoms with Gasteiger partial charge in [0.05, 0.1) is 83.1 Å². The maximum atomic E-state index is 12.5. The standard InChI is InChI=1S/C22H30N7O16P3.C22H28N7O15P3.C22H29N7O11P2/c23-19-14-21(26-8-25-19)29(9-27-14)22-17(32)18(44-46(34,35)36)13(43-22)7-42-48(39,40)45-47(37,38)41-6-11-4-12(16(31)15(11)30)28-3-1-2-10(5-28)20(24)33;23-19-14-21(26-8-25-19)29(9-27-14)22-18-17(42-47(37,38)43-18)13(41-22)7-40-46(35,36)44-45(33,34)39-6-11-4-12(16(31)15(11)30)28-3-1-2-10(5-28)20(24)32;23-15-3-4-25-21-17(15)27-11-29(21)22-19(31)18(30)16(39-22)10-38-42(35,36)40-41(33,34)37-9-13-6-14(7-26-13)28-5-1-2-12(8-28)20(24)32/h1-3,5,8-9,11-13,15-18,22,30-32H,4,6-7H2,(H7-,23,24,25,26,33,34,35,36,37,38,39,40);1-3,5,8-9,11-13,15-18,22,30-31H,4,6-7H2,(H6-,23,24,25,26,32,33,34,35,36,37,38);1-5,8,11,13-14,16,18-19,22,26,30-31H,6-7,9-10H2,(H5-,23,24,25,32,33,34,35,36)/p-4/t;;13-,14-,16+,18+,19+,22+/m..0/s1. The number of rotatable bonds is 35. The van der Waals surface area contributed by atoms with Crippen molar-refractivity contribution in [3.05, 3.63) is 134 Å². The fourth-order valence-electron chi connectivity index (χ4n) is 15.7. The second-order valence-electron chi connectivity index (χ2n) is 31.2. The van der Waals surface area contributed by atoms with Crippen LogP contribution < -0.4 is 87.7 Å². The Kier molecular flexibility index (Phi) is 31.7. The fraction of sp³-hybridized carbons (Fsp3) is 0.485. The topological polar surface area (TPSA) is 967 Å². The third-order valence-electron chi connectivity index (χ3n) is 22.2. The molecule has 9 aromatic heterocycles. The van der Waals surface area contributed by atoms with Crippen molar-refractivity contribution in [2.75, 3.05) is 63.4 Å². The molecule has 7 aliphatic rings. The van der Waals surface area contributed by atoms with E-state index < -0.39 is 248 Å². The minimum Gasteiger partial charge on any atom is -0.756 e. The summed E-state index contributed by atoms with van der Waals surface area (Å²) in [6.07, 6.45) is -7.95. The van der Waals surface area contributed by atoms with Crippen LogP contribution in [0, 0.1) is 11.8 Å². The lowest BCUT2D eigenvalue weighted by molar-refractivity contribution is -0.729. The van der Waals surface area contributed by atoms with E-state index in [1.54, 1.807) is 29.1 Å². The molecule has 748 valence electrons. The number of ether oxygens (including phenoxy) is 3. The summed E-state index contributed by atoms with van der Waals surface area (Å²) in [5.41, 5.74) is 35.1. The Hall–Kier alpha value is -8.46. The monoisotopic (exact) mass is 2090 g/mol. The van der Waals surface area contributed by atoms with Crippen LogP contribution in [-0.2, 0) is 104 Å². The second kappa shape index (κ2) is 41.6. The highest BCUT2D eigenvalue weighted by atomic mass is 31.3. The number of aliphatic hydroxyl groups excluding tert-OH is 7. The number of nitrogen functional groups attached to an aromatic ring is 3. The zero-order valence-electron chi connectivity index (χ0n) is 69.5. The van der Waals surface area contributed by atoms with Crippen LogP contribution in [-0.4, -0.2) is 248 Å². The molecule has 137 heavy (non-hydrogen) atoms. The highest BCUT2D eigenvalue weighted by molar-refractivity contribution is 7.61. The number of aromatic nitrogens is 14. The maximum absolute atomic E-state index is 12.5. The second-order valence-corrected chi connectivity index (χ2v) is 42.6. The van der Waals surface area contributed by atoms with Gasteiger partial charge in [-0.25, -0.2) is 61.9 Å². The Labute approximate surface area is 767 Å². The van der Waals surface area contributed by atoms with Crippen molar-refractivity contribution in [2.45, 2.75) is 141 Å². The Balaban J connectivity index is 0.000000165. The first-order valence-electron chi connectivity index (χ1n) is 39.8. The Morgan fingerprint density at radius 3 is 1.39 bits per heavy atom. The number of hydrogen-bond donors (Lipinski definition) is 16. The number of hydrogen-bond acceptors (Lipinski definition) is 52. The lowest BCUT2D eigenvalue weighted by Gasteiger charge is -2.32. The quantitative estimate of drug-likeness (QED) is 0.0130. The van der Waals surface area contributed by atoms with Crippen LogP contribution in [0.25, 0.3) is 33.5 Å². The van der Waals surface area contributed by atoms with Crippen molar-refractivity contribution in [3.8, 4) is 0 Å². The van der Waals surface area contributed by atoms with Gasteiger partial charge in [0.15, 0.2) is 103 Å². The maximum Gasteiger partial charge on any atom is 0.478 e. The molecule has 16 rings (SSSR count). The molecule has 5 saturated heterocycles. The summed E-state index contributed by atoms with van der Waals surface area (Å²) in [5, 5.41) is 76.7. The van der Waals surface area contributed by atoms with Gasteiger partial charge in [0.1, 0.15) is 113 Å². The van der Waals surface area contributed by atoms with E-state index in [4.69, 9.17) is 66.7 Å². The average Bonchev–Trinajstić information content (AvgIpc) is 1.59. The van der Waals surface area contributed by atoms with Crippen molar-refractivity contribution in [1.82, 2.24) is 58.9 Å². The third-order valence-corrected chi connectivity index (χ3v) is 31.3. The van der Waals surface area contributed by atoms with Gasteiger partial charge in [0, 0.05) is 61.5 Å². The van der Waals surface area contributed by atoms with Gasteiger partial charge in [-0.1, -0.05) is 0 Å². The molecule has 2 saturated carbocycles. The molecule has 3 amide bonds. The largest absolute Gasteiger partial charge is 0.756 e. The number of phosphoric acid groups is 8. The number of phosphoric ester groups is 8. The number of aliphatic hydroxyl groups is 7. The summed E-state index contributed by atoms with van der Waals surface area (Å²) >= 11 is 0. The minimum absolute atomic E-state index is 0.00689. The van der Waals surface area contributed by atoms with Gasteiger partial charge < -0.3 is 170 Å². The molecule has 0 bridgehead atoms. The van der Waals surface area contributed by atoms with Crippen molar-refractivity contribution in [2.24, 2.45) is 29.0 Å². The van der Waals surface area contributed by atoms with Crippen LogP contribution >= 0.6 is 62.6 Å². The third kappa shape index (κ3) is 24.8. The molecule has 24 unspecified atom stereocenters. The van der Waals surface area contributed by atoms with Gasteiger partial charge in [-0.3, -0.25) is 64.6 Å². The highest BCUT2D eigenvalue weighted by Gasteiger charge is 2.57. The van der Waals surface area contributed by atoms with Gasteiger partial charge in [-0.2, -0.15) is 9.13 Å². The van der Waals surface area contributed by atoms with Gasteiger partial charge in [-0.15, -0.1) is 0 Å². The van der Waals surface area contributed by atoms with Crippen LogP contribution in [0.5, 0.6) is 0 Å². The Bertz CT molecular complexity index is 6380. The smallest absolute Gasteiger partial charge is 0.478 e. The first-order valence-corrected chi connectivity index (χ1v) is 51.6. The molecular formula is C66H83N21O42P8-4. The lowest BCUT2D eigenvalue weighted by Crippen LogP contribution is -2.45. The van der Waals surface area contributed by atoms with Crippen molar-refractivity contribution >= 4 is 131 Å². The zero-order chi connectivity index (χ0) is 99.3. The number of fused-ring (bicyclic) bond motifs is 4. The molecule has 0 spiro atoms. The Morgan fingerprint density at radius 1 is 0.474 bits per heavy atom. The number of nitrogens with one attached hydrogen (secondary N) is 1. The lowest BCUT2D eigenvalue weighted by atomic mass is 10.1. The van der Waals surface area contributed by atoms with Crippen molar-refractivity contribution in [3.63, 3.8) is 0 Å². The summed E-state index contributed by atoms with van der Waals surface area (Å²) in [6, 6.07) is 8.31. The molecule has 30 atom stereocenters. The fourth-order valence-corrected chi connectivity index (χ4v) is 23.6. The molecule has 22 N–H and O–H groups in total. The van der Waals surface area contributed by atoms with Crippen LogP contribution in [0.1, 0.15) is 87.1 Å². The normalized spacial score (nSPS) is 31.7. The van der Waals surface area contributed by atoms with Gasteiger partial charge in [-0.05, 0) is 24.3 Å². The van der Waals surface area contributed by atoms with E-state index in [1.807, 2.05) is 0 Å². The Morgan fingerprint density at radius 2 is 0.891 bits per heavy atom. The number of anilines is 3. The van der Waals surface area contributed by atoms with Crippen LogP contribution in [0.2, 0.25) is 0 Å². The number of nitrogens with zero attached hydrogens (tertiary/aromatic N) is 14. The summed E-state index contributed by atoms with van der Waals surface area (Å²) in [6.45, 7) is -4.63.